The van der Waals surface area contributed by atoms with Crippen LogP contribution in [0.4, 0.5) is 9.59 Å². The van der Waals surface area contributed by atoms with Crippen molar-refractivity contribution in [2.75, 3.05) is 13.1 Å². The first kappa shape index (κ1) is 37.1. The quantitative estimate of drug-likeness (QED) is 0.0833. The topological polar surface area (TPSA) is 120 Å². The number of ether oxygens (including phenoxy) is 1. The minimum Gasteiger partial charge on any atom is -0.503 e. The van der Waals surface area contributed by atoms with Crippen LogP contribution in [0.5, 0.6) is 0 Å². The zero-order valence-corrected chi connectivity index (χ0v) is 28.6. The Morgan fingerprint density at radius 3 is 1.00 bits per heavy atom. The van der Waals surface area contributed by atoms with Crippen LogP contribution in [-0.2, 0) is 23.2 Å². The second-order valence-corrected chi connectivity index (χ2v) is 23.1. The molecule has 0 bridgehead atoms. The number of hydrogen-bond acceptors (Lipinski definition) is 7. The summed E-state index contributed by atoms with van der Waals surface area (Å²) in [7, 11) is -4.65. The van der Waals surface area contributed by atoms with Gasteiger partial charge < -0.3 is 24.2 Å². The molecule has 0 aliphatic heterocycles. The third-order valence-corrected chi connectivity index (χ3v) is 19.7. The van der Waals surface area contributed by atoms with Crippen molar-refractivity contribution < 1.29 is 32.8 Å². The van der Waals surface area contributed by atoms with Gasteiger partial charge in [-0.05, 0) is 46.1 Å². The number of carbonyl (C=O) groups excluding carboxylic acids is 4. The van der Waals surface area contributed by atoms with E-state index in [1.807, 2.05) is 0 Å². The molecule has 0 aromatic carbocycles. The number of nitrogens with one attached hydrogen (secondary N) is 2. The molecule has 0 saturated carbocycles. The van der Waals surface area contributed by atoms with Crippen LogP contribution in [0.1, 0.15) is 109 Å². The summed E-state index contributed by atoms with van der Waals surface area (Å²) in [6, 6.07) is 0. The molecule has 0 aliphatic carbocycles. The number of carbonyl (C=O) groups is 4. The lowest BCUT2D eigenvalue weighted by Crippen LogP contribution is -2.51. The fourth-order valence-electron chi connectivity index (χ4n) is 6.18. The monoisotopic (exact) mass is 588 g/mol. The van der Waals surface area contributed by atoms with Crippen LogP contribution in [0.2, 0.25) is 33.2 Å². The van der Waals surface area contributed by atoms with Crippen LogP contribution in [0.25, 0.3) is 0 Å². The lowest BCUT2D eigenvalue weighted by atomic mass is 10.3. The second-order valence-electron chi connectivity index (χ2n) is 12.3. The summed E-state index contributed by atoms with van der Waals surface area (Å²) in [5.74, 6) is -1.28. The Bertz CT molecular complexity index is 691. The second kappa shape index (κ2) is 17.0. The molecule has 228 valence electrons. The van der Waals surface area contributed by atoms with Crippen molar-refractivity contribution in [2.24, 2.45) is 0 Å². The number of amides is 2. The molecule has 39 heavy (non-hydrogen) atoms. The Balaban J connectivity index is 4.42. The van der Waals surface area contributed by atoms with Gasteiger partial charge in [-0.1, -0.05) is 83.1 Å². The maximum Gasteiger partial charge on any atom is 0.393 e. The highest BCUT2D eigenvalue weighted by Gasteiger charge is 2.49. The van der Waals surface area contributed by atoms with Gasteiger partial charge in [-0.3, -0.25) is 9.59 Å². The average Bonchev–Trinajstić information content (AvgIpc) is 2.80. The minimum atomic E-state index is -2.33. The molecule has 0 radical (unpaired) electrons. The molecular weight excluding hydrogens is 532 g/mol. The van der Waals surface area contributed by atoms with Crippen LogP contribution >= 0.6 is 0 Å². The van der Waals surface area contributed by atoms with Gasteiger partial charge >= 0.3 is 24.1 Å². The van der Waals surface area contributed by atoms with E-state index >= 15 is 0 Å². The van der Waals surface area contributed by atoms with Crippen LogP contribution in [0.3, 0.4) is 0 Å². The van der Waals surface area contributed by atoms with Crippen LogP contribution in [0, 0.1) is 0 Å². The predicted octanol–water partition coefficient (Wildman–Crippen LogP) is 7.42. The standard InChI is InChI=1S/C28H56N2O7Si2/c1-19(2)38(20(3)4,21(5)6)36-27(33)29-17-13-15-25(31)35-26(32)16-14-18-30-28(34)37-39(22(7)8,23(9)10)24(11)12/h19-24H,13-18H2,1-12H3,(H,29,33)(H,30,34). The first-order chi connectivity index (χ1) is 17.9. The molecular formula is C28H56N2O7Si2. The summed E-state index contributed by atoms with van der Waals surface area (Å²) in [6.07, 6.45) is -0.233. The summed E-state index contributed by atoms with van der Waals surface area (Å²) in [4.78, 5) is 49.0. The summed E-state index contributed by atoms with van der Waals surface area (Å²) in [5, 5.41) is 5.46. The molecule has 0 aromatic rings. The molecule has 0 saturated heterocycles. The lowest BCUT2D eigenvalue weighted by molar-refractivity contribution is -0.159. The van der Waals surface area contributed by atoms with E-state index in [4.69, 9.17) is 13.6 Å². The maximum absolute atomic E-state index is 12.5. The van der Waals surface area contributed by atoms with E-state index in [1.165, 1.54) is 0 Å². The highest BCUT2D eigenvalue weighted by atomic mass is 28.4. The van der Waals surface area contributed by atoms with Crippen LogP contribution in [0.15, 0.2) is 0 Å². The normalized spacial score (nSPS) is 12.5. The van der Waals surface area contributed by atoms with Gasteiger partial charge in [0.05, 0.1) is 0 Å². The Labute approximate surface area is 239 Å². The molecule has 9 nitrogen and oxygen atoms in total. The highest BCUT2D eigenvalue weighted by Crippen LogP contribution is 2.43. The van der Waals surface area contributed by atoms with Gasteiger partial charge in [-0.2, -0.15) is 0 Å². The largest absolute Gasteiger partial charge is 0.503 e. The average molecular weight is 589 g/mol. The number of rotatable bonds is 16. The van der Waals surface area contributed by atoms with E-state index in [0.717, 1.165) is 0 Å². The molecule has 0 heterocycles. The van der Waals surface area contributed by atoms with E-state index in [2.05, 4.69) is 93.7 Å². The molecule has 0 rings (SSSR count). The molecule has 2 N–H and O–H groups in total. The van der Waals surface area contributed by atoms with Gasteiger partial charge in [0.25, 0.3) is 16.6 Å². The van der Waals surface area contributed by atoms with Gasteiger partial charge in [-0.15, -0.1) is 0 Å². The zero-order chi connectivity index (χ0) is 30.6. The van der Waals surface area contributed by atoms with Crippen molar-refractivity contribution >= 4 is 40.8 Å². The Morgan fingerprint density at radius 1 is 0.513 bits per heavy atom. The van der Waals surface area contributed by atoms with E-state index in [9.17, 15) is 19.2 Å². The summed E-state index contributed by atoms with van der Waals surface area (Å²) in [6.45, 7) is 25.7. The zero-order valence-electron chi connectivity index (χ0n) is 26.6. The number of esters is 2. The molecule has 0 fully saturated rings. The van der Waals surface area contributed by atoms with Crippen molar-refractivity contribution in [3.05, 3.63) is 0 Å². The van der Waals surface area contributed by atoms with E-state index in [-0.39, 0.29) is 59.2 Å². The fourth-order valence-corrected chi connectivity index (χ4v) is 16.4. The summed E-state index contributed by atoms with van der Waals surface area (Å²) in [5.41, 5.74) is 1.67. The van der Waals surface area contributed by atoms with Gasteiger partial charge in [0.15, 0.2) is 0 Å². The summed E-state index contributed by atoms with van der Waals surface area (Å²) >= 11 is 0. The third kappa shape index (κ3) is 10.9. The van der Waals surface area contributed by atoms with Crippen LogP contribution < -0.4 is 10.6 Å². The van der Waals surface area contributed by atoms with Gasteiger partial charge in [-0.25, -0.2) is 9.59 Å². The first-order valence-electron chi connectivity index (χ1n) is 14.6. The molecule has 2 amide bonds. The van der Waals surface area contributed by atoms with E-state index < -0.39 is 40.8 Å². The van der Waals surface area contributed by atoms with Crippen molar-refractivity contribution in [1.82, 2.24) is 10.6 Å². The Kier molecular flexibility index (Phi) is 16.2. The molecule has 0 aromatic heterocycles. The van der Waals surface area contributed by atoms with Gasteiger partial charge in [0.2, 0.25) is 0 Å². The minimum absolute atomic E-state index is 0.00399. The van der Waals surface area contributed by atoms with Gasteiger partial charge in [0.1, 0.15) is 0 Å². The van der Waals surface area contributed by atoms with E-state index in [0.29, 0.717) is 12.8 Å². The molecule has 0 atom stereocenters. The summed E-state index contributed by atoms with van der Waals surface area (Å²) < 4.78 is 16.9. The highest BCUT2D eigenvalue weighted by molar-refractivity contribution is 6.79. The Morgan fingerprint density at radius 2 is 0.769 bits per heavy atom. The van der Waals surface area contributed by atoms with Crippen molar-refractivity contribution in [3.8, 4) is 0 Å². The fraction of sp³-hybridized carbons (Fsp3) is 0.857. The maximum atomic E-state index is 12.5. The van der Waals surface area contributed by atoms with Crippen molar-refractivity contribution in [1.29, 1.82) is 0 Å². The Hall–Kier alpha value is -1.89. The van der Waals surface area contributed by atoms with E-state index in [1.54, 1.807) is 0 Å². The molecule has 0 spiro atoms. The predicted molar refractivity (Wildman–Crippen MR) is 161 cm³/mol. The third-order valence-electron chi connectivity index (χ3n) is 7.83. The molecule has 0 aliphatic rings. The molecule has 11 heteroatoms. The first-order valence-corrected chi connectivity index (χ1v) is 18.9. The lowest BCUT2D eigenvalue weighted by Gasteiger charge is -2.41. The SMILES string of the molecule is CC(C)[Si](OC(=O)NCCCC(=O)OC(=O)CCCNC(=O)O[Si](C(C)C)(C(C)C)C(C)C)(C(C)C)C(C)C. The number of hydrogen-bond donors (Lipinski definition) is 2. The molecule has 0 unspecified atom stereocenters. The van der Waals surface area contributed by atoms with Crippen LogP contribution in [-0.4, -0.2) is 53.8 Å². The van der Waals surface area contributed by atoms with Crippen molar-refractivity contribution in [3.63, 3.8) is 0 Å². The van der Waals surface area contributed by atoms with Crippen molar-refractivity contribution in [2.45, 2.75) is 142 Å². The smallest absolute Gasteiger partial charge is 0.393 e. The van der Waals surface area contributed by atoms with Gasteiger partial charge in [0, 0.05) is 25.9 Å².